The first kappa shape index (κ1) is 15.9. The first-order valence-electron chi connectivity index (χ1n) is 6.66. The molecule has 2 N–H and O–H groups in total. The number of nitrogen functional groups attached to an aromatic ring is 1. The van der Waals surface area contributed by atoms with Gasteiger partial charge in [0.25, 0.3) is 0 Å². The minimum absolute atomic E-state index is 0.0223. The van der Waals surface area contributed by atoms with Crippen molar-refractivity contribution in [3.05, 3.63) is 18.3 Å². The molecule has 1 aromatic rings. The van der Waals surface area contributed by atoms with E-state index in [0.29, 0.717) is 6.54 Å². The van der Waals surface area contributed by atoms with Gasteiger partial charge in [0.1, 0.15) is 5.82 Å². The number of unbranched alkanes of at least 4 members (excludes halogenated alkanes) is 1. The van der Waals surface area contributed by atoms with Crippen LogP contribution < -0.4 is 5.73 Å². The second-order valence-corrected chi connectivity index (χ2v) is 6.53. The highest BCUT2D eigenvalue weighted by molar-refractivity contribution is 7.89. The van der Waals surface area contributed by atoms with E-state index < -0.39 is 10.0 Å². The third kappa shape index (κ3) is 3.91. The van der Waals surface area contributed by atoms with Crippen LogP contribution in [0.2, 0.25) is 0 Å². The van der Waals surface area contributed by atoms with E-state index >= 15 is 0 Å². The van der Waals surface area contributed by atoms with Crippen LogP contribution in [0.25, 0.3) is 0 Å². The van der Waals surface area contributed by atoms with E-state index in [9.17, 15) is 8.42 Å². The summed E-state index contributed by atoms with van der Waals surface area (Å²) in [6, 6.07) is 2.88. The molecule has 0 bridgehead atoms. The fourth-order valence-corrected chi connectivity index (χ4v) is 3.58. The van der Waals surface area contributed by atoms with Crippen LogP contribution in [-0.4, -0.2) is 30.3 Å². The summed E-state index contributed by atoms with van der Waals surface area (Å²) in [7, 11) is -3.49. The number of rotatable bonds is 7. The van der Waals surface area contributed by atoms with Gasteiger partial charge in [-0.25, -0.2) is 13.4 Å². The van der Waals surface area contributed by atoms with Crippen LogP contribution in [0.1, 0.15) is 40.0 Å². The van der Waals surface area contributed by atoms with E-state index in [4.69, 9.17) is 5.73 Å². The lowest BCUT2D eigenvalue weighted by atomic mass is 10.2. The van der Waals surface area contributed by atoms with Gasteiger partial charge in [-0.1, -0.05) is 20.3 Å². The maximum Gasteiger partial charge on any atom is 0.243 e. The van der Waals surface area contributed by atoms with Crippen LogP contribution >= 0.6 is 0 Å². The molecule has 1 atom stereocenters. The molecule has 1 aromatic heterocycles. The topological polar surface area (TPSA) is 76.3 Å². The number of nitrogens with zero attached hydrogens (tertiary/aromatic N) is 2. The zero-order valence-corrected chi connectivity index (χ0v) is 12.7. The monoisotopic (exact) mass is 285 g/mol. The minimum atomic E-state index is -3.49. The zero-order valence-electron chi connectivity index (χ0n) is 11.8. The van der Waals surface area contributed by atoms with Crippen LogP contribution in [0, 0.1) is 0 Å². The van der Waals surface area contributed by atoms with E-state index in [1.807, 2.05) is 20.8 Å². The summed E-state index contributed by atoms with van der Waals surface area (Å²) in [5.41, 5.74) is 5.57. The maximum absolute atomic E-state index is 12.6. The molecule has 0 amide bonds. The number of hydrogen-bond acceptors (Lipinski definition) is 4. The lowest BCUT2D eigenvalue weighted by Gasteiger charge is -2.27. The van der Waals surface area contributed by atoms with Crippen molar-refractivity contribution >= 4 is 15.8 Å². The molecular formula is C13H23N3O2S. The Labute approximate surface area is 115 Å². The van der Waals surface area contributed by atoms with E-state index in [0.717, 1.165) is 19.3 Å². The van der Waals surface area contributed by atoms with Crippen LogP contribution in [0.15, 0.2) is 23.2 Å². The van der Waals surface area contributed by atoms with Gasteiger partial charge in [0.15, 0.2) is 0 Å². The predicted molar refractivity (Wildman–Crippen MR) is 77.2 cm³/mol. The molecule has 0 aliphatic rings. The Balaban J connectivity index is 3.11. The van der Waals surface area contributed by atoms with Crippen molar-refractivity contribution in [2.24, 2.45) is 0 Å². The number of aromatic nitrogens is 1. The zero-order chi connectivity index (χ0) is 14.5. The number of hydrogen-bond donors (Lipinski definition) is 1. The minimum Gasteiger partial charge on any atom is -0.384 e. The Morgan fingerprint density at radius 2 is 2.11 bits per heavy atom. The highest BCUT2D eigenvalue weighted by Crippen LogP contribution is 2.21. The number of nitrogens with two attached hydrogens (primary N) is 1. The molecule has 0 aliphatic carbocycles. The Hall–Kier alpha value is -1.14. The molecule has 5 nitrogen and oxygen atoms in total. The van der Waals surface area contributed by atoms with Crippen LogP contribution in [-0.2, 0) is 10.0 Å². The molecule has 1 unspecified atom stereocenters. The summed E-state index contributed by atoms with van der Waals surface area (Å²) in [4.78, 5) is 4.05. The van der Waals surface area contributed by atoms with E-state index in [1.165, 1.54) is 18.3 Å². The predicted octanol–water partition coefficient (Wildman–Crippen LogP) is 2.25. The van der Waals surface area contributed by atoms with Gasteiger partial charge in [-0.15, -0.1) is 0 Å². The van der Waals surface area contributed by atoms with Gasteiger partial charge in [0.05, 0.1) is 4.90 Å². The normalized spacial score (nSPS) is 13.7. The molecule has 1 heterocycles. The lowest BCUT2D eigenvalue weighted by molar-refractivity contribution is 0.324. The highest BCUT2D eigenvalue weighted by Gasteiger charge is 2.27. The fraction of sp³-hybridized carbons (Fsp3) is 0.615. The van der Waals surface area contributed by atoms with Crippen molar-refractivity contribution in [3.63, 3.8) is 0 Å². The van der Waals surface area contributed by atoms with Gasteiger partial charge in [0.2, 0.25) is 10.0 Å². The Morgan fingerprint density at radius 1 is 1.42 bits per heavy atom. The second-order valence-electron chi connectivity index (χ2n) is 4.64. The largest absolute Gasteiger partial charge is 0.384 e. The summed E-state index contributed by atoms with van der Waals surface area (Å²) >= 11 is 0. The number of anilines is 1. The molecule has 1 rings (SSSR count). The first-order chi connectivity index (χ1) is 8.93. The molecule has 19 heavy (non-hydrogen) atoms. The van der Waals surface area contributed by atoms with E-state index in [-0.39, 0.29) is 16.8 Å². The van der Waals surface area contributed by atoms with E-state index in [2.05, 4.69) is 4.98 Å². The van der Waals surface area contributed by atoms with Crippen molar-refractivity contribution in [3.8, 4) is 0 Å². The number of pyridine rings is 1. The Morgan fingerprint density at radius 3 is 2.63 bits per heavy atom. The molecule has 0 aromatic carbocycles. The standard InChI is InChI=1S/C13H23N3O2S/c1-4-6-9-16(11(3)5-2)19(17,18)12-7-8-15-13(14)10-12/h7-8,10-11H,4-6,9H2,1-3H3,(H2,14,15). The van der Waals surface area contributed by atoms with Crippen molar-refractivity contribution in [1.82, 2.24) is 9.29 Å². The van der Waals surface area contributed by atoms with Crippen LogP contribution in [0.5, 0.6) is 0 Å². The van der Waals surface area contributed by atoms with E-state index in [1.54, 1.807) is 4.31 Å². The van der Waals surface area contributed by atoms with Crippen LogP contribution in [0.3, 0.4) is 0 Å². The average Bonchev–Trinajstić information content (AvgIpc) is 2.38. The summed E-state index contributed by atoms with van der Waals surface area (Å²) in [6.45, 7) is 6.50. The molecule has 0 saturated carbocycles. The smallest absolute Gasteiger partial charge is 0.243 e. The van der Waals surface area contributed by atoms with Crippen molar-refractivity contribution in [2.45, 2.75) is 51.0 Å². The quantitative estimate of drug-likeness (QED) is 0.833. The molecule has 0 saturated heterocycles. The first-order valence-corrected chi connectivity index (χ1v) is 8.10. The third-order valence-corrected chi connectivity index (χ3v) is 5.18. The molecule has 0 spiro atoms. The Bertz CT molecular complexity index is 502. The SMILES string of the molecule is CCCCN(C(C)CC)S(=O)(=O)c1ccnc(N)c1. The summed E-state index contributed by atoms with van der Waals surface area (Å²) in [6.07, 6.45) is 4.02. The van der Waals surface area contributed by atoms with Crippen LogP contribution in [0.4, 0.5) is 5.82 Å². The average molecular weight is 285 g/mol. The molecule has 0 aliphatic heterocycles. The number of sulfonamides is 1. The Kier molecular flexibility index (Phi) is 5.75. The summed E-state index contributed by atoms with van der Waals surface area (Å²) < 4.78 is 26.8. The van der Waals surface area contributed by atoms with Gasteiger partial charge in [0, 0.05) is 24.8 Å². The van der Waals surface area contributed by atoms with Crippen molar-refractivity contribution in [2.75, 3.05) is 12.3 Å². The molecule has 0 fully saturated rings. The van der Waals surface area contributed by atoms with Gasteiger partial charge >= 0.3 is 0 Å². The lowest BCUT2D eigenvalue weighted by Crippen LogP contribution is -2.39. The van der Waals surface area contributed by atoms with Gasteiger partial charge in [-0.05, 0) is 25.8 Å². The molecule has 0 radical (unpaired) electrons. The molecule has 6 heteroatoms. The second kappa shape index (κ2) is 6.86. The highest BCUT2D eigenvalue weighted by atomic mass is 32.2. The van der Waals surface area contributed by atoms with Crippen molar-refractivity contribution in [1.29, 1.82) is 0 Å². The summed E-state index contributed by atoms with van der Waals surface area (Å²) in [5.74, 6) is 0.223. The molecule has 108 valence electrons. The van der Waals surface area contributed by atoms with Gasteiger partial charge < -0.3 is 5.73 Å². The fourth-order valence-electron chi connectivity index (χ4n) is 1.82. The molecular weight excluding hydrogens is 262 g/mol. The summed E-state index contributed by atoms with van der Waals surface area (Å²) in [5, 5.41) is 0. The van der Waals surface area contributed by atoms with Crippen molar-refractivity contribution < 1.29 is 8.42 Å². The third-order valence-electron chi connectivity index (χ3n) is 3.17. The van der Waals surface area contributed by atoms with Gasteiger partial charge in [-0.2, -0.15) is 4.31 Å². The van der Waals surface area contributed by atoms with Gasteiger partial charge in [-0.3, -0.25) is 0 Å². The maximum atomic E-state index is 12.6.